The van der Waals surface area contributed by atoms with E-state index in [4.69, 9.17) is 9.47 Å². The summed E-state index contributed by atoms with van der Waals surface area (Å²) in [7, 11) is 3.20. The van der Waals surface area contributed by atoms with E-state index in [1.165, 1.54) is 12.1 Å². The van der Waals surface area contributed by atoms with Crippen LogP contribution in [0.3, 0.4) is 0 Å². The SMILES string of the molecule is COC(OC)C(C)NCCc1ccc([N+](=O)[O-])cc1. The number of ether oxygens (including phenoxy) is 2. The normalized spacial score (nSPS) is 12.6. The van der Waals surface area contributed by atoms with Crippen molar-refractivity contribution in [3.05, 3.63) is 39.9 Å². The summed E-state index contributed by atoms with van der Waals surface area (Å²) in [6.45, 7) is 2.73. The van der Waals surface area contributed by atoms with E-state index in [0.717, 1.165) is 18.5 Å². The minimum Gasteiger partial charge on any atom is -0.354 e. The maximum absolute atomic E-state index is 10.5. The fourth-order valence-electron chi connectivity index (χ4n) is 1.83. The second kappa shape index (κ2) is 7.83. The van der Waals surface area contributed by atoms with E-state index in [9.17, 15) is 10.1 Å². The zero-order valence-electron chi connectivity index (χ0n) is 11.5. The molecule has 6 heteroatoms. The molecule has 0 aliphatic heterocycles. The molecule has 1 aromatic rings. The van der Waals surface area contributed by atoms with Gasteiger partial charge in [0.05, 0.1) is 11.0 Å². The summed E-state index contributed by atoms with van der Waals surface area (Å²) < 4.78 is 10.3. The van der Waals surface area contributed by atoms with E-state index in [1.54, 1.807) is 26.4 Å². The van der Waals surface area contributed by atoms with Gasteiger partial charge in [0.15, 0.2) is 6.29 Å². The van der Waals surface area contributed by atoms with Crippen LogP contribution < -0.4 is 5.32 Å². The molecule has 0 aliphatic carbocycles. The Balaban J connectivity index is 2.38. The molecule has 0 saturated carbocycles. The van der Waals surface area contributed by atoms with Crippen molar-refractivity contribution in [1.82, 2.24) is 5.32 Å². The lowest BCUT2D eigenvalue weighted by Gasteiger charge is -2.22. The molecule has 0 bridgehead atoms. The summed E-state index contributed by atoms with van der Waals surface area (Å²) in [4.78, 5) is 10.1. The van der Waals surface area contributed by atoms with Gasteiger partial charge < -0.3 is 14.8 Å². The van der Waals surface area contributed by atoms with Gasteiger partial charge in [-0.1, -0.05) is 12.1 Å². The van der Waals surface area contributed by atoms with Crippen LogP contribution >= 0.6 is 0 Å². The number of hydrogen-bond acceptors (Lipinski definition) is 5. The van der Waals surface area contributed by atoms with Crippen molar-refractivity contribution in [3.8, 4) is 0 Å². The zero-order chi connectivity index (χ0) is 14.3. The minimum absolute atomic E-state index is 0.0769. The van der Waals surface area contributed by atoms with E-state index in [1.807, 2.05) is 6.92 Å². The highest BCUT2D eigenvalue weighted by atomic mass is 16.7. The molecule has 1 unspecified atom stereocenters. The quantitative estimate of drug-likeness (QED) is 0.441. The third-order valence-corrected chi connectivity index (χ3v) is 2.90. The topological polar surface area (TPSA) is 73.6 Å². The number of nitrogens with zero attached hydrogens (tertiary/aromatic N) is 1. The molecular formula is C13H20N2O4. The third-order valence-electron chi connectivity index (χ3n) is 2.90. The van der Waals surface area contributed by atoms with E-state index < -0.39 is 4.92 Å². The standard InChI is InChI=1S/C13H20N2O4/c1-10(13(18-2)19-3)14-9-8-11-4-6-12(7-5-11)15(16)17/h4-7,10,13-14H,8-9H2,1-3H3. The molecule has 6 nitrogen and oxygen atoms in total. The number of rotatable bonds is 8. The van der Waals surface area contributed by atoms with Crippen LogP contribution in [-0.2, 0) is 15.9 Å². The number of benzene rings is 1. The van der Waals surface area contributed by atoms with Crippen LogP contribution in [0.4, 0.5) is 5.69 Å². The summed E-state index contributed by atoms with van der Waals surface area (Å²) in [5.74, 6) is 0. The Morgan fingerprint density at radius 3 is 2.32 bits per heavy atom. The summed E-state index contributed by atoms with van der Waals surface area (Å²) in [5, 5.41) is 13.8. The van der Waals surface area contributed by atoms with Crippen LogP contribution in [0.1, 0.15) is 12.5 Å². The number of nitrogens with one attached hydrogen (secondary N) is 1. The Morgan fingerprint density at radius 2 is 1.84 bits per heavy atom. The predicted molar refractivity (Wildman–Crippen MR) is 72.1 cm³/mol. The second-order valence-electron chi connectivity index (χ2n) is 4.26. The van der Waals surface area contributed by atoms with Crippen LogP contribution in [-0.4, -0.2) is 38.0 Å². The number of methoxy groups -OCH3 is 2. The van der Waals surface area contributed by atoms with Gasteiger partial charge in [-0.15, -0.1) is 0 Å². The summed E-state index contributed by atoms with van der Waals surface area (Å²) in [6.07, 6.45) is 0.513. The fraction of sp³-hybridized carbons (Fsp3) is 0.538. The molecule has 0 spiro atoms. The van der Waals surface area contributed by atoms with Crippen LogP contribution in [0.5, 0.6) is 0 Å². The highest BCUT2D eigenvalue weighted by Gasteiger charge is 2.14. The third kappa shape index (κ3) is 4.94. The molecule has 0 fully saturated rings. The Bertz CT molecular complexity index is 390. The lowest BCUT2D eigenvalue weighted by molar-refractivity contribution is -0.384. The largest absolute Gasteiger partial charge is 0.354 e. The lowest BCUT2D eigenvalue weighted by atomic mass is 10.1. The molecule has 0 heterocycles. The number of non-ortho nitro benzene ring substituents is 1. The van der Waals surface area contributed by atoms with Crippen LogP contribution in [0.2, 0.25) is 0 Å². The molecule has 19 heavy (non-hydrogen) atoms. The average Bonchev–Trinajstić information content (AvgIpc) is 2.40. The fourth-order valence-corrected chi connectivity index (χ4v) is 1.83. The first-order valence-electron chi connectivity index (χ1n) is 6.10. The molecule has 0 aliphatic rings. The van der Waals surface area contributed by atoms with Gasteiger partial charge in [0, 0.05) is 26.4 Å². The van der Waals surface area contributed by atoms with Gasteiger partial charge in [-0.2, -0.15) is 0 Å². The van der Waals surface area contributed by atoms with Crippen LogP contribution in [0, 0.1) is 10.1 Å². The molecule has 0 amide bonds. The number of nitro benzene ring substituents is 1. The molecule has 1 aromatic carbocycles. The molecule has 0 saturated heterocycles. The van der Waals surface area contributed by atoms with Gasteiger partial charge in [-0.25, -0.2) is 0 Å². The molecular weight excluding hydrogens is 248 g/mol. The smallest absolute Gasteiger partial charge is 0.269 e. The first-order chi connectivity index (χ1) is 9.08. The average molecular weight is 268 g/mol. The second-order valence-corrected chi connectivity index (χ2v) is 4.26. The van der Waals surface area contributed by atoms with Crippen molar-refractivity contribution in [2.24, 2.45) is 0 Å². The molecule has 0 aromatic heterocycles. The predicted octanol–water partition coefficient (Wildman–Crippen LogP) is 1.73. The summed E-state index contributed by atoms with van der Waals surface area (Å²) in [5.41, 5.74) is 1.17. The molecule has 1 rings (SSSR count). The molecule has 1 atom stereocenters. The van der Waals surface area contributed by atoms with Crippen molar-refractivity contribution in [2.75, 3.05) is 20.8 Å². The monoisotopic (exact) mass is 268 g/mol. The summed E-state index contributed by atoms with van der Waals surface area (Å²) >= 11 is 0. The van der Waals surface area contributed by atoms with Crippen molar-refractivity contribution in [2.45, 2.75) is 25.7 Å². The van der Waals surface area contributed by atoms with Crippen molar-refractivity contribution >= 4 is 5.69 Å². The number of hydrogen-bond donors (Lipinski definition) is 1. The van der Waals surface area contributed by atoms with E-state index in [0.29, 0.717) is 0 Å². The van der Waals surface area contributed by atoms with Crippen molar-refractivity contribution < 1.29 is 14.4 Å². The van der Waals surface area contributed by atoms with E-state index >= 15 is 0 Å². The first kappa shape index (κ1) is 15.6. The Hall–Kier alpha value is -1.50. The lowest BCUT2D eigenvalue weighted by Crippen LogP contribution is -2.40. The maximum Gasteiger partial charge on any atom is 0.269 e. The Kier molecular flexibility index (Phi) is 6.41. The Morgan fingerprint density at radius 1 is 1.26 bits per heavy atom. The van der Waals surface area contributed by atoms with E-state index in [2.05, 4.69) is 5.32 Å². The highest BCUT2D eigenvalue weighted by molar-refractivity contribution is 5.32. The van der Waals surface area contributed by atoms with Crippen LogP contribution in [0.25, 0.3) is 0 Å². The van der Waals surface area contributed by atoms with Gasteiger partial charge in [0.2, 0.25) is 0 Å². The van der Waals surface area contributed by atoms with Gasteiger partial charge in [-0.05, 0) is 25.5 Å². The minimum atomic E-state index is -0.397. The zero-order valence-corrected chi connectivity index (χ0v) is 11.5. The van der Waals surface area contributed by atoms with Crippen molar-refractivity contribution in [1.29, 1.82) is 0 Å². The maximum atomic E-state index is 10.5. The molecule has 106 valence electrons. The molecule has 0 radical (unpaired) electrons. The number of nitro groups is 1. The van der Waals surface area contributed by atoms with Gasteiger partial charge in [0.1, 0.15) is 0 Å². The first-order valence-corrected chi connectivity index (χ1v) is 6.10. The molecule has 1 N–H and O–H groups in total. The van der Waals surface area contributed by atoms with Crippen molar-refractivity contribution in [3.63, 3.8) is 0 Å². The summed E-state index contributed by atoms with van der Waals surface area (Å²) in [6, 6.07) is 6.66. The van der Waals surface area contributed by atoms with E-state index in [-0.39, 0.29) is 18.0 Å². The van der Waals surface area contributed by atoms with Gasteiger partial charge >= 0.3 is 0 Å². The van der Waals surface area contributed by atoms with Gasteiger partial charge in [-0.3, -0.25) is 10.1 Å². The van der Waals surface area contributed by atoms with Crippen LogP contribution in [0.15, 0.2) is 24.3 Å². The van der Waals surface area contributed by atoms with Gasteiger partial charge in [0.25, 0.3) is 5.69 Å². The highest BCUT2D eigenvalue weighted by Crippen LogP contribution is 2.12. The Labute approximate surface area is 112 Å².